The third-order valence-corrected chi connectivity index (χ3v) is 3.81. The van der Waals surface area contributed by atoms with Crippen LogP contribution < -0.4 is 11.1 Å². The van der Waals surface area contributed by atoms with Crippen LogP contribution in [0.4, 0.5) is 0 Å². The average molecular weight is 262 g/mol. The minimum Gasteiger partial charge on any atom is -0.508 e. The molecule has 3 unspecified atom stereocenters. The molecule has 1 fully saturated rings. The van der Waals surface area contributed by atoms with Gasteiger partial charge in [-0.05, 0) is 43.9 Å². The molecule has 0 bridgehead atoms. The summed E-state index contributed by atoms with van der Waals surface area (Å²) < 4.78 is 0. The van der Waals surface area contributed by atoms with Crippen molar-refractivity contribution in [2.45, 2.75) is 44.7 Å². The molecule has 0 aliphatic heterocycles. The van der Waals surface area contributed by atoms with E-state index in [1.807, 2.05) is 13.0 Å². The van der Waals surface area contributed by atoms with Gasteiger partial charge in [-0.1, -0.05) is 18.6 Å². The number of amides is 1. The van der Waals surface area contributed by atoms with Gasteiger partial charge in [0, 0.05) is 12.0 Å². The summed E-state index contributed by atoms with van der Waals surface area (Å²) in [5.41, 5.74) is 6.82. The maximum absolute atomic E-state index is 12.2. The van der Waals surface area contributed by atoms with Crippen molar-refractivity contribution >= 4 is 5.91 Å². The second kappa shape index (κ2) is 6.06. The molecule has 1 aliphatic carbocycles. The molecule has 0 saturated heterocycles. The second-order valence-corrected chi connectivity index (χ2v) is 5.45. The Hall–Kier alpha value is -1.55. The summed E-state index contributed by atoms with van der Waals surface area (Å²) in [7, 11) is 0. The van der Waals surface area contributed by atoms with Crippen molar-refractivity contribution in [2.75, 3.05) is 0 Å². The van der Waals surface area contributed by atoms with Crippen LogP contribution in [-0.4, -0.2) is 17.1 Å². The molecule has 1 aliphatic rings. The summed E-state index contributed by atoms with van der Waals surface area (Å²) >= 11 is 0. The Morgan fingerprint density at radius 1 is 1.47 bits per heavy atom. The maximum atomic E-state index is 12.2. The number of aromatic hydroxyl groups is 1. The number of phenols is 1. The number of hydrogen-bond donors (Lipinski definition) is 3. The van der Waals surface area contributed by atoms with Gasteiger partial charge in [0.15, 0.2) is 0 Å². The fraction of sp³-hybridized carbons (Fsp3) is 0.533. The summed E-state index contributed by atoms with van der Waals surface area (Å²) in [6.45, 7) is 1.93. The number of nitrogens with two attached hydrogens (primary N) is 1. The van der Waals surface area contributed by atoms with Crippen LogP contribution in [0.25, 0.3) is 0 Å². The van der Waals surface area contributed by atoms with Gasteiger partial charge in [0.1, 0.15) is 5.75 Å². The van der Waals surface area contributed by atoms with Crippen LogP contribution in [-0.2, 0) is 4.79 Å². The molecule has 4 N–H and O–H groups in total. The fourth-order valence-corrected chi connectivity index (χ4v) is 2.67. The highest BCUT2D eigenvalue weighted by Crippen LogP contribution is 2.25. The molecule has 1 aromatic carbocycles. The van der Waals surface area contributed by atoms with Gasteiger partial charge in [-0.2, -0.15) is 0 Å². The average Bonchev–Trinajstić information content (AvgIpc) is 2.38. The molecule has 0 spiro atoms. The van der Waals surface area contributed by atoms with Gasteiger partial charge in [-0.25, -0.2) is 0 Å². The zero-order chi connectivity index (χ0) is 13.8. The van der Waals surface area contributed by atoms with E-state index in [-0.39, 0.29) is 29.7 Å². The highest BCUT2D eigenvalue weighted by atomic mass is 16.3. The number of carbonyl (C=O) groups is 1. The van der Waals surface area contributed by atoms with E-state index >= 15 is 0 Å². The summed E-state index contributed by atoms with van der Waals surface area (Å²) in [5, 5.41) is 12.5. The quantitative estimate of drug-likeness (QED) is 0.780. The monoisotopic (exact) mass is 262 g/mol. The van der Waals surface area contributed by atoms with Crippen LogP contribution in [0, 0.1) is 5.92 Å². The van der Waals surface area contributed by atoms with Crippen LogP contribution in [0.2, 0.25) is 0 Å². The zero-order valence-electron chi connectivity index (χ0n) is 11.3. The Balaban J connectivity index is 1.94. The van der Waals surface area contributed by atoms with Gasteiger partial charge in [0.2, 0.25) is 5.91 Å². The van der Waals surface area contributed by atoms with E-state index in [9.17, 15) is 9.90 Å². The predicted molar refractivity (Wildman–Crippen MR) is 74.6 cm³/mol. The predicted octanol–water partition coefficient (Wildman–Crippen LogP) is 2.09. The lowest BCUT2D eigenvalue weighted by molar-refractivity contribution is -0.126. The van der Waals surface area contributed by atoms with Crippen LogP contribution in [0.15, 0.2) is 24.3 Å². The van der Waals surface area contributed by atoms with Gasteiger partial charge in [0.05, 0.1) is 6.04 Å². The van der Waals surface area contributed by atoms with E-state index < -0.39 is 0 Å². The fourth-order valence-electron chi connectivity index (χ4n) is 2.67. The molecule has 3 atom stereocenters. The lowest BCUT2D eigenvalue weighted by Gasteiger charge is -2.27. The molecule has 2 rings (SSSR count). The first-order valence-electron chi connectivity index (χ1n) is 6.91. The Kier molecular flexibility index (Phi) is 4.43. The van der Waals surface area contributed by atoms with E-state index in [0.717, 1.165) is 31.2 Å². The molecule has 104 valence electrons. The molecule has 1 amide bonds. The van der Waals surface area contributed by atoms with Gasteiger partial charge in [-0.15, -0.1) is 0 Å². The van der Waals surface area contributed by atoms with Crippen LogP contribution in [0.3, 0.4) is 0 Å². The number of hydrogen-bond acceptors (Lipinski definition) is 3. The second-order valence-electron chi connectivity index (χ2n) is 5.45. The van der Waals surface area contributed by atoms with Gasteiger partial charge in [0.25, 0.3) is 0 Å². The Labute approximate surface area is 114 Å². The smallest absolute Gasteiger partial charge is 0.223 e. The molecule has 1 aromatic rings. The van der Waals surface area contributed by atoms with Crippen molar-refractivity contribution in [3.8, 4) is 5.75 Å². The van der Waals surface area contributed by atoms with Crippen molar-refractivity contribution in [1.29, 1.82) is 0 Å². The number of rotatable bonds is 3. The first-order valence-corrected chi connectivity index (χ1v) is 6.91. The van der Waals surface area contributed by atoms with Crippen molar-refractivity contribution in [1.82, 2.24) is 5.32 Å². The highest BCUT2D eigenvalue weighted by molar-refractivity contribution is 5.79. The van der Waals surface area contributed by atoms with E-state index in [1.165, 1.54) is 0 Å². The highest BCUT2D eigenvalue weighted by Gasteiger charge is 2.26. The van der Waals surface area contributed by atoms with Crippen molar-refractivity contribution < 1.29 is 9.90 Å². The Bertz CT molecular complexity index is 448. The normalized spacial score (nSPS) is 24.7. The minimum atomic E-state index is -0.0993. The van der Waals surface area contributed by atoms with Gasteiger partial charge in [-0.3, -0.25) is 4.79 Å². The van der Waals surface area contributed by atoms with Crippen molar-refractivity contribution in [3.63, 3.8) is 0 Å². The third-order valence-electron chi connectivity index (χ3n) is 3.81. The lowest BCUT2D eigenvalue weighted by atomic mass is 9.85. The number of phenolic OH excluding ortho intramolecular Hbond substituents is 1. The summed E-state index contributed by atoms with van der Waals surface area (Å²) in [4.78, 5) is 12.2. The first kappa shape index (κ1) is 13.9. The van der Waals surface area contributed by atoms with E-state index in [4.69, 9.17) is 5.73 Å². The molecule has 0 heterocycles. The van der Waals surface area contributed by atoms with Gasteiger partial charge < -0.3 is 16.2 Å². The molecule has 19 heavy (non-hydrogen) atoms. The van der Waals surface area contributed by atoms with E-state index in [1.54, 1.807) is 18.2 Å². The maximum Gasteiger partial charge on any atom is 0.223 e. The summed E-state index contributed by atoms with van der Waals surface area (Å²) in [6, 6.07) is 7.04. The molecule has 4 heteroatoms. The van der Waals surface area contributed by atoms with Crippen molar-refractivity contribution in [2.24, 2.45) is 11.7 Å². The molecule has 1 saturated carbocycles. The first-order chi connectivity index (χ1) is 9.06. The largest absolute Gasteiger partial charge is 0.508 e. The standard InChI is InChI=1S/C15H22N2O2/c1-10(11-4-3-7-14(18)9-11)17-15(19)12-5-2-6-13(16)8-12/h3-4,7,9-10,12-13,18H,2,5-6,8,16H2,1H3,(H,17,19). The van der Waals surface area contributed by atoms with Crippen molar-refractivity contribution in [3.05, 3.63) is 29.8 Å². The zero-order valence-corrected chi connectivity index (χ0v) is 11.3. The van der Waals surface area contributed by atoms with Crippen LogP contribution >= 0.6 is 0 Å². The number of carbonyl (C=O) groups excluding carboxylic acids is 1. The molecule has 0 radical (unpaired) electrons. The SMILES string of the molecule is CC(NC(=O)C1CCCC(N)C1)c1cccc(O)c1. The van der Waals surface area contributed by atoms with E-state index in [0.29, 0.717) is 0 Å². The van der Waals surface area contributed by atoms with Crippen LogP contribution in [0.5, 0.6) is 5.75 Å². The molecular weight excluding hydrogens is 240 g/mol. The lowest BCUT2D eigenvalue weighted by Crippen LogP contribution is -2.38. The van der Waals surface area contributed by atoms with Gasteiger partial charge >= 0.3 is 0 Å². The summed E-state index contributed by atoms with van der Waals surface area (Å²) in [6.07, 6.45) is 3.75. The Morgan fingerprint density at radius 3 is 2.95 bits per heavy atom. The molecule has 4 nitrogen and oxygen atoms in total. The Morgan fingerprint density at radius 2 is 2.26 bits per heavy atom. The molecule has 0 aromatic heterocycles. The third kappa shape index (κ3) is 3.70. The summed E-state index contributed by atoms with van der Waals surface area (Å²) in [5.74, 6) is 0.327. The number of nitrogens with one attached hydrogen (secondary N) is 1. The molecular formula is C15H22N2O2. The topological polar surface area (TPSA) is 75.4 Å². The van der Waals surface area contributed by atoms with Crippen LogP contribution in [0.1, 0.15) is 44.2 Å². The number of benzene rings is 1. The van der Waals surface area contributed by atoms with E-state index in [2.05, 4.69) is 5.32 Å². The minimum absolute atomic E-state index is 0.0310.